The molecule has 3 unspecified atom stereocenters. The lowest BCUT2D eigenvalue weighted by atomic mass is 9.75. The Morgan fingerprint density at radius 2 is 2.31 bits per heavy atom. The van der Waals surface area contributed by atoms with E-state index in [-0.39, 0.29) is 12.0 Å². The Labute approximate surface area is 79.3 Å². The highest BCUT2D eigenvalue weighted by Gasteiger charge is 2.43. The molecular weight excluding hydrogens is 166 g/mol. The van der Waals surface area contributed by atoms with E-state index in [0.717, 1.165) is 19.3 Å². The molecule has 1 aliphatic rings. The van der Waals surface area contributed by atoms with Gasteiger partial charge in [-0.3, -0.25) is 0 Å². The summed E-state index contributed by atoms with van der Waals surface area (Å²) in [5, 5.41) is 19.1. The SMILES string of the molecule is COC1CCCCC1(O)C(C)C#N. The van der Waals surface area contributed by atoms with Gasteiger partial charge in [-0.15, -0.1) is 0 Å². The zero-order valence-electron chi connectivity index (χ0n) is 8.29. The zero-order valence-corrected chi connectivity index (χ0v) is 8.29. The van der Waals surface area contributed by atoms with Gasteiger partial charge >= 0.3 is 0 Å². The summed E-state index contributed by atoms with van der Waals surface area (Å²) in [5.41, 5.74) is -0.929. The minimum absolute atomic E-state index is 0.170. The first-order valence-corrected chi connectivity index (χ1v) is 4.80. The maximum absolute atomic E-state index is 10.3. The van der Waals surface area contributed by atoms with Crippen molar-refractivity contribution < 1.29 is 9.84 Å². The third kappa shape index (κ3) is 1.84. The second-order valence-electron chi connectivity index (χ2n) is 3.81. The highest BCUT2D eigenvalue weighted by molar-refractivity contribution is 5.02. The molecule has 0 radical (unpaired) electrons. The first kappa shape index (κ1) is 10.5. The van der Waals surface area contributed by atoms with Gasteiger partial charge in [0.2, 0.25) is 0 Å². The molecule has 74 valence electrons. The van der Waals surface area contributed by atoms with E-state index in [4.69, 9.17) is 10.00 Å². The molecule has 0 aliphatic heterocycles. The molecule has 0 bridgehead atoms. The van der Waals surface area contributed by atoms with Crippen LogP contribution in [0.5, 0.6) is 0 Å². The van der Waals surface area contributed by atoms with Crippen LogP contribution in [0, 0.1) is 17.2 Å². The van der Waals surface area contributed by atoms with E-state index in [1.165, 1.54) is 0 Å². The molecule has 1 aliphatic carbocycles. The predicted octanol–water partition coefficient (Wildman–Crippen LogP) is 1.47. The van der Waals surface area contributed by atoms with Crippen LogP contribution >= 0.6 is 0 Å². The molecule has 0 spiro atoms. The highest BCUT2D eigenvalue weighted by atomic mass is 16.5. The molecule has 0 aromatic rings. The molecule has 1 saturated carbocycles. The van der Waals surface area contributed by atoms with Crippen LogP contribution in [0.25, 0.3) is 0 Å². The van der Waals surface area contributed by atoms with E-state index in [1.54, 1.807) is 14.0 Å². The summed E-state index contributed by atoms with van der Waals surface area (Å²) < 4.78 is 5.23. The van der Waals surface area contributed by atoms with Crippen LogP contribution in [0.1, 0.15) is 32.6 Å². The van der Waals surface area contributed by atoms with Gasteiger partial charge in [-0.25, -0.2) is 0 Å². The second kappa shape index (κ2) is 4.08. The summed E-state index contributed by atoms with van der Waals surface area (Å²) in [4.78, 5) is 0. The standard InChI is InChI=1S/C10H17NO2/c1-8(7-11)10(12)6-4-3-5-9(10)13-2/h8-9,12H,3-6H2,1-2H3. The predicted molar refractivity (Wildman–Crippen MR) is 49.0 cm³/mol. The maximum atomic E-state index is 10.3. The molecule has 0 aromatic carbocycles. The quantitative estimate of drug-likeness (QED) is 0.705. The Hall–Kier alpha value is -0.590. The molecule has 3 nitrogen and oxygen atoms in total. The minimum atomic E-state index is -0.929. The summed E-state index contributed by atoms with van der Waals surface area (Å²) in [6.45, 7) is 1.76. The van der Waals surface area contributed by atoms with Gasteiger partial charge in [0.15, 0.2) is 0 Å². The van der Waals surface area contributed by atoms with Crippen molar-refractivity contribution in [1.29, 1.82) is 5.26 Å². The van der Waals surface area contributed by atoms with Crippen molar-refractivity contribution in [3.05, 3.63) is 0 Å². The van der Waals surface area contributed by atoms with Gasteiger partial charge in [0.1, 0.15) is 5.60 Å². The third-order valence-corrected chi connectivity index (χ3v) is 3.08. The van der Waals surface area contributed by atoms with Crippen molar-refractivity contribution in [2.45, 2.75) is 44.3 Å². The molecule has 0 aromatic heterocycles. The maximum Gasteiger partial charge on any atom is 0.106 e. The molecule has 3 heteroatoms. The van der Waals surface area contributed by atoms with Crippen molar-refractivity contribution in [2.24, 2.45) is 5.92 Å². The van der Waals surface area contributed by atoms with Crippen LogP contribution in [0.4, 0.5) is 0 Å². The fourth-order valence-electron chi connectivity index (χ4n) is 2.08. The fraction of sp³-hybridized carbons (Fsp3) is 0.900. The molecule has 1 N–H and O–H groups in total. The number of ether oxygens (including phenoxy) is 1. The van der Waals surface area contributed by atoms with Gasteiger partial charge in [-0.2, -0.15) is 5.26 Å². The van der Waals surface area contributed by atoms with E-state index in [2.05, 4.69) is 6.07 Å². The number of nitriles is 1. The second-order valence-corrected chi connectivity index (χ2v) is 3.81. The van der Waals surface area contributed by atoms with Crippen LogP contribution in [-0.4, -0.2) is 23.9 Å². The molecule has 0 heterocycles. The molecule has 1 rings (SSSR count). The van der Waals surface area contributed by atoms with Crippen molar-refractivity contribution >= 4 is 0 Å². The van der Waals surface area contributed by atoms with Crippen LogP contribution < -0.4 is 0 Å². The van der Waals surface area contributed by atoms with E-state index in [9.17, 15) is 5.11 Å². The summed E-state index contributed by atoms with van der Waals surface area (Å²) in [6.07, 6.45) is 3.44. The lowest BCUT2D eigenvalue weighted by Gasteiger charge is -2.40. The summed E-state index contributed by atoms with van der Waals surface area (Å²) in [6, 6.07) is 2.11. The van der Waals surface area contributed by atoms with Gasteiger partial charge in [0, 0.05) is 7.11 Å². The molecule has 3 atom stereocenters. The van der Waals surface area contributed by atoms with E-state index >= 15 is 0 Å². The Bertz CT molecular complexity index is 211. The average molecular weight is 183 g/mol. The Kier molecular flexibility index (Phi) is 3.29. The number of hydrogen-bond acceptors (Lipinski definition) is 3. The van der Waals surface area contributed by atoms with Crippen LogP contribution in [0.15, 0.2) is 0 Å². The topological polar surface area (TPSA) is 53.2 Å². The van der Waals surface area contributed by atoms with Crippen molar-refractivity contribution in [2.75, 3.05) is 7.11 Å². The van der Waals surface area contributed by atoms with Gasteiger partial charge in [0.25, 0.3) is 0 Å². The van der Waals surface area contributed by atoms with Crippen molar-refractivity contribution in [3.8, 4) is 6.07 Å². The molecule has 13 heavy (non-hydrogen) atoms. The van der Waals surface area contributed by atoms with Gasteiger partial charge in [-0.1, -0.05) is 12.8 Å². The molecule has 0 amide bonds. The smallest absolute Gasteiger partial charge is 0.106 e. The summed E-state index contributed by atoms with van der Waals surface area (Å²) in [7, 11) is 1.60. The monoisotopic (exact) mass is 183 g/mol. The molecule has 0 saturated heterocycles. The van der Waals surface area contributed by atoms with Crippen molar-refractivity contribution in [1.82, 2.24) is 0 Å². The van der Waals surface area contributed by atoms with E-state index in [0.29, 0.717) is 6.42 Å². The summed E-state index contributed by atoms with van der Waals surface area (Å²) >= 11 is 0. The van der Waals surface area contributed by atoms with Crippen LogP contribution in [0.2, 0.25) is 0 Å². The van der Waals surface area contributed by atoms with E-state index < -0.39 is 5.60 Å². The minimum Gasteiger partial charge on any atom is -0.386 e. The Balaban J connectivity index is 2.77. The average Bonchev–Trinajstić information content (AvgIpc) is 2.17. The Morgan fingerprint density at radius 3 is 2.85 bits per heavy atom. The lowest BCUT2D eigenvalue weighted by molar-refractivity contribution is -0.134. The zero-order chi connectivity index (χ0) is 9.90. The Morgan fingerprint density at radius 1 is 1.62 bits per heavy atom. The number of rotatable bonds is 2. The van der Waals surface area contributed by atoms with Gasteiger partial charge < -0.3 is 9.84 Å². The first-order valence-electron chi connectivity index (χ1n) is 4.80. The number of methoxy groups -OCH3 is 1. The number of nitrogens with zero attached hydrogens (tertiary/aromatic N) is 1. The molecule has 1 fully saturated rings. The molecular formula is C10H17NO2. The van der Waals surface area contributed by atoms with E-state index in [1.807, 2.05) is 0 Å². The van der Waals surface area contributed by atoms with Crippen molar-refractivity contribution in [3.63, 3.8) is 0 Å². The summed E-state index contributed by atoms with van der Waals surface area (Å²) in [5.74, 6) is -0.349. The van der Waals surface area contributed by atoms with Crippen LogP contribution in [-0.2, 0) is 4.74 Å². The largest absolute Gasteiger partial charge is 0.386 e. The fourth-order valence-corrected chi connectivity index (χ4v) is 2.08. The van der Waals surface area contributed by atoms with Gasteiger partial charge in [-0.05, 0) is 19.8 Å². The first-order chi connectivity index (χ1) is 6.15. The normalized spacial score (nSPS) is 36.6. The third-order valence-electron chi connectivity index (χ3n) is 3.08. The van der Waals surface area contributed by atoms with Crippen LogP contribution in [0.3, 0.4) is 0 Å². The van der Waals surface area contributed by atoms with Gasteiger partial charge in [0.05, 0.1) is 18.1 Å². The number of hydrogen-bond donors (Lipinski definition) is 1. The lowest BCUT2D eigenvalue weighted by Crippen LogP contribution is -2.50. The number of aliphatic hydroxyl groups is 1. The highest BCUT2D eigenvalue weighted by Crippen LogP contribution is 2.35.